The Labute approximate surface area is 187 Å². The van der Waals surface area contributed by atoms with Crippen LogP contribution in [0.5, 0.6) is 0 Å². The summed E-state index contributed by atoms with van der Waals surface area (Å²) in [5.41, 5.74) is 3.18. The van der Waals surface area contributed by atoms with Crippen LogP contribution in [0.1, 0.15) is 30.9 Å². The molecule has 1 aliphatic rings. The van der Waals surface area contributed by atoms with Crippen LogP contribution < -0.4 is 4.90 Å². The topological polar surface area (TPSA) is 70.6 Å². The summed E-state index contributed by atoms with van der Waals surface area (Å²) >= 11 is 1.54. The average Bonchev–Trinajstić information content (AvgIpc) is 3.21. The maximum absolute atomic E-state index is 13.6. The van der Waals surface area contributed by atoms with Crippen molar-refractivity contribution in [2.45, 2.75) is 32.7 Å². The number of rotatable bonds is 6. The molecular weight excluding hydrogens is 430 g/mol. The number of hydrogen-bond donors (Lipinski definition) is 0. The van der Waals surface area contributed by atoms with E-state index in [1.54, 1.807) is 4.90 Å². The van der Waals surface area contributed by atoms with Crippen LogP contribution in [0, 0.1) is 5.92 Å². The highest BCUT2D eigenvalue weighted by atomic mass is 32.2. The standard InChI is InChI=1S/C23H27N3O3S2/c1-3-18-10-7-11-20-21(18)24-23(30-20)26(16-17-8-5-4-6-9-17)22(27)19-12-14-25(15-13-19)31(2,28)29/h4-11,19H,3,12-16H2,1-2H3. The number of nitrogens with zero attached hydrogens (tertiary/aromatic N) is 3. The molecule has 1 saturated heterocycles. The summed E-state index contributed by atoms with van der Waals surface area (Å²) < 4.78 is 26.2. The van der Waals surface area contributed by atoms with Crippen molar-refractivity contribution >= 4 is 42.6 Å². The first-order valence-electron chi connectivity index (χ1n) is 10.6. The monoisotopic (exact) mass is 457 g/mol. The van der Waals surface area contributed by atoms with Gasteiger partial charge in [0.2, 0.25) is 15.9 Å². The molecule has 2 aromatic carbocycles. The number of fused-ring (bicyclic) bond motifs is 1. The Balaban J connectivity index is 1.64. The number of para-hydroxylation sites is 1. The predicted octanol–water partition coefficient (Wildman–Crippen LogP) is 4.06. The van der Waals surface area contributed by atoms with E-state index >= 15 is 0 Å². The fraction of sp³-hybridized carbons (Fsp3) is 0.391. The van der Waals surface area contributed by atoms with E-state index in [-0.39, 0.29) is 11.8 Å². The highest BCUT2D eigenvalue weighted by Crippen LogP contribution is 2.34. The summed E-state index contributed by atoms with van der Waals surface area (Å²) in [4.78, 5) is 20.3. The number of aryl methyl sites for hydroxylation is 1. The zero-order valence-electron chi connectivity index (χ0n) is 17.8. The van der Waals surface area contributed by atoms with E-state index in [1.165, 1.54) is 27.5 Å². The van der Waals surface area contributed by atoms with E-state index in [0.717, 1.165) is 22.2 Å². The van der Waals surface area contributed by atoms with E-state index in [9.17, 15) is 13.2 Å². The number of anilines is 1. The molecule has 0 unspecified atom stereocenters. The third-order valence-electron chi connectivity index (χ3n) is 5.82. The van der Waals surface area contributed by atoms with Gasteiger partial charge in [0, 0.05) is 19.0 Å². The first kappa shape index (κ1) is 21.9. The molecule has 0 radical (unpaired) electrons. The van der Waals surface area contributed by atoms with E-state index in [0.29, 0.717) is 37.6 Å². The number of amides is 1. The molecule has 1 aromatic heterocycles. The number of carbonyl (C=O) groups is 1. The van der Waals surface area contributed by atoms with Gasteiger partial charge < -0.3 is 0 Å². The number of thiazole rings is 1. The maximum Gasteiger partial charge on any atom is 0.232 e. The molecule has 0 atom stereocenters. The lowest BCUT2D eigenvalue weighted by atomic mass is 9.96. The lowest BCUT2D eigenvalue weighted by Crippen LogP contribution is -2.44. The van der Waals surface area contributed by atoms with Crippen LogP contribution >= 0.6 is 11.3 Å². The highest BCUT2D eigenvalue weighted by molar-refractivity contribution is 7.88. The van der Waals surface area contributed by atoms with Crippen molar-refractivity contribution in [1.82, 2.24) is 9.29 Å². The third kappa shape index (κ3) is 4.81. The number of carbonyl (C=O) groups excluding carboxylic acids is 1. The molecule has 4 rings (SSSR count). The molecule has 164 valence electrons. The van der Waals surface area contributed by atoms with Crippen LogP contribution in [0.25, 0.3) is 10.2 Å². The van der Waals surface area contributed by atoms with Crippen molar-refractivity contribution in [3.63, 3.8) is 0 Å². The van der Waals surface area contributed by atoms with Crippen LogP contribution in [0.15, 0.2) is 48.5 Å². The van der Waals surface area contributed by atoms with Gasteiger partial charge in [-0.25, -0.2) is 17.7 Å². The van der Waals surface area contributed by atoms with Gasteiger partial charge in [0.05, 0.1) is 23.0 Å². The molecule has 0 bridgehead atoms. The molecule has 0 saturated carbocycles. The van der Waals surface area contributed by atoms with Crippen molar-refractivity contribution in [1.29, 1.82) is 0 Å². The minimum Gasteiger partial charge on any atom is -0.283 e. The maximum atomic E-state index is 13.6. The van der Waals surface area contributed by atoms with Crippen LogP contribution in [0.3, 0.4) is 0 Å². The van der Waals surface area contributed by atoms with Crippen LogP contribution in [0.4, 0.5) is 5.13 Å². The summed E-state index contributed by atoms with van der Waals surface area (Å²) in [6, 6.07) is 16.1. The first-order chi connectivity index (χ1) is 14.9. The molecule has 0 spiro atoms. The average molecular weight is 458 g/mol. The fourth-order valence-corrected chi connectivity index (χ4v) is 5.95. The van der Waals surface area contributed by atoms with Gasteiger partial charge in [-0.1, -0.05) is 60.7 Å². The smallest absolute Gasteiger partial charge is 0.232 e. The molecule has 0 aliphatic carbocycles. The summed E-state index contributed by atoms with van der Waals surface area (Å²) in [6.45, 7) is 3.33. The summed E-state index contributed by atoms with van der Waals surface area (Å²) in [5, 5.41) is 0.704. The summed E-state index contributed by atoms with van der Waals surface area (Å²) in [6.07, 6.45) is 3.17. The molecule has 8 heteroatoms. The first-order valence-corrected chi connectivity index (χ1v) is 13.2. The van der Waals surface area contributed by atoms with Crippen LogP contribution in [-0.2, 0) is 27.8 Å². The van der Waals surface area contributed by atoms with E-state index in [1.807, 2.05) is 42.5 Å². The molecule has 3 aromatic rings. The Kier molecular flexibility index (Phi) is 6.41. The largest absolute Gasteiger partial charge is 0.283 e. The van der Waals surface area contributed by atoms with Gasteiger partial charge >= 0.3 is 0 Å². The number of sulfonamides is 1. The molecule has 1 fully saturated rings. The zero-order chi connectivity index (χ0) is 22.0. The van der Waals surface area contributed by atoms with Gasteiger partial charge in [0.25, 0.3) is 0 Å². The fourth-order valence-electron chi connectivity index (χ4n) is 4.06. The number of benzene rings is 2. The second kappa shape index (κ2) is 9.06. The lowest BCUT2D eigenvalue weighted by molar-refractivity contribution is -0.123. The summed E-state index contributed by atoms with van der Waals surface area (Å²) in [5.74, 6) is -0.187. The normalized spacial score (nSPS) is 15.9. The zero-order valence-corrected chi connectivity index (χ0v) is 19.5. The van der Waals surface area contributed by atoms with Gasteiger partial charge in [0.1, 0.15) is 0 Å². The van der Waals surface area contributed by atoms with Crippen molar-refractivity contribution < 1.29 is 13.2 Å². The van der Waals surface area contributed by atoms with Crippen molar-refractivity contribution in [2.24, 2.45) is 5.92 Å². The van der Waals surface area contributed by atoms with Gasteiger partial charge in [-0.2, -0.15) is 0 Å². The molecule has 6 nitrogen and oxygen atoms in total. The second-order valence-electron chi connectivity index (χ2n) is 7.96. The van der Waals surface area contributed by atoms with Crippen LogP contribution in [-0.4, -0.2) is 43.0 Å². The van der Waals surface area contributed by atoms with E-state index < -0.39 is 10.0 Å². The second-order valence-corrected chi connectivity index (χ2v) is 11.0. The van der Waals surface area contributed by atoms with Gasteiger partial charge in [-0.05, 0) is 36.5 Å². The van der Waals surface area contributed by atoms with Crippen molar-refractivity contribution in [3.8, 4) is 0 Å². The molecular formula is C23H27N3O3S2. The highest BCUT2D eigenvalue weighted by Gasteiger charge is 2.33. The molecule has 31 heavy (non-hydrogen) atoms. The predicted molar refractivity (Wildman–Crippen MR) is 126 cm³/mol. The van der Waals surface area contributed by atoms with Gasteiger partial charge in [0.15, 0.2) is 5.13 Å². The Morgan fingerprint density at radius 2 is 1.84 bits per heavy atom. The number of piperidine rings is 1. The van der Waals surface area contributed by atoms with Crippen molar-refractivity contribution in [3.05, 3.63) is 59.7 Å². The van der Waals surface area contributed by atoms with E-state index in [4.69, 9.17) is 4.98 Å². The minimum atomic E-state index is -3.22. The number of hydrogen-bond acceptors (Lipinski definition) is 5. The van der Waals surface area contributed by atoms with Crippen molar-refractivity contribution in [2.75, 3.05) is 24.2 Å². The third-order valence-corrected chi connectivity index (χ3v) is 8.17. The minimum absolute atomic E-state index is 0.0223. The molecule has 1 aliphatic heterocycles. The quantitative estimate of drug-likeness (QED) is 0.560. The van der Waals surface area contributed by atoms with Gasteiger partial charge in [-0.15, -0.1) is 0 Å². The Hall–Kier alpha value is -2.29. The van der Waals surface area contributed by atoms with E-state index in [2.05, 4.69) is 13.0 Å². The Morgan fingerprint density at radius 1 is 1.13 bits per heavy atom. The molecule has 2 heterocycles. The van der Waals surface area contributed by atoms with Gasteiger partial charge in [-0.3, -0.25) is 9.69 Å². The Morgan fingerprint density at radius 3 is 2.48 bits per heavy atom. The SMILES string of the molecule is CCc1cccc2sc(N(Cc3ccccc3)C(=O)C3CCN(S(C)(=O)=O)CC3)nc12. The van der Waals surface area contributed by atoms with Crippen LogP contribution in [0.2, 0.25) is 0 Å². The Bertz CT molecular complexity index is 1170. The number of aromatic nitrogens is 1. The molecule has 1 amide bonds. The summed E-state index contributed by atoms with van der Waals surface area (Å²) in [7, 11) is -3.22. The molecule has 0 N–H and O–H groups in total. The lowest BCUT2D eigenvalue weighted by Gasteiger charge is -2.32.